The molecule has 2 aromatic rings. The minimum atomic E-state index is -4.32. The SMILES string of the molecule is FC(F)(F)c1cccc2cocc12. The highest BCUT2D eigenvalue weighted by molar-refractivity contribution is 5.84. The molecule has 0 saturated carbocycles. The molecular formula is C9H5F3O. The zero-order valence-corrected chi connectivity index (χ0v) is 6.43. The van der Waals surface area contributed by atoms with Gasteiger partial charge in [0.25, 0.3) is 0 Å². The van der Waals surface area contributed by atoms with E-state index >= 15 is 0 Å². The summed E-state index contributed by atoms with van der Waals surface area (Å²) in [5.74, 6) is 0. The predicted molar refractivity (Wildman–Crippen MR) is 41.2 cm³/mol. The van der Waals surface area contributed by atoms with Gasteiger partial charge in [-0.1, -0.05) is 12.1 Å². The molecule has 68 valence electrons. The largest absolute Gasteiger partial charge is 0.471 e. The van der Waals surface area contributed by atoms with Crippen molar-refractivity contribution in [1.82, 2.24) is 0 Å². The molecule has 1 aromatic carbocycles. The summed E-state index contributed by atoms with van der Waals surface area (Å²) >= 11 is 0. The molecule has 0 spiro atoms. The number of benzene rings is 1. The fourth-order valence-corrected chi connectivity index (χ4v) is 1.24. The second kappa shape index (κ2) is 2.52. The highest BCUT2D eigenvalue weighted by atomic mass is 19.4. The van der Waals surface area contributed by atoms with E-state index in [9.17, 15) is 13.2 Å². The number of rotatable bonds is 0. The van der Waals surface area contributed by atoms with Crippen LogP contribution in [-0.4, -0.2) is 0 Å². The lowest BCUT2D eigenvalue weighted by atomic mass is 10.1. The van der Waals surface area contributed by atoms with E-state index < -0.39 is 11.7 Å². The molecule has 0 aliphatic heterocycles. The first-order valence-electron chi connectivity index (χ1n) is 3.61. The van der Waals surface area contributed by atoms with Crippen LogP contribution in [0.1, 0.15) is 5.56 Å². The van der Waals surface area contributed by atoms with E-state index in [2.05, 4.69) is 0 Å². The van der Waals surface area contributed by atoms with Crippen LogP contribution in [0.5, 0.6) is 0 Å². The Kier molecular flexibility index (Phi) is 1.58. The Bertz CT molecular complexity index is 428. The smallest absolute Gasteiger partial charge is 0.417 e. The predicted octanol–water partition coefficient (Wildman–Crippen LogP) is 3.45. The van der Waals surface area contributed by atoms with Crippen LogP contribution in [0.25, 0.3) is 10.8 Å². The first kappa shape index (κ1) is 8.16. The number of hydrogen-bond acceptors (Lipinski definition) is 1. The van der Waals surface area contributed by atoms with E-state index in [1.54, 1.807) is 6.07 Å². The number of hydrogen-bond donors (Lipinski definition) is 0. The molecular weight excluding hydrogens is 181 g/mol. The maximum Gasteiger partial charge on any atom is 0.417 e. The van der Waals surface area contributed by atoms with Gasteiger partial charge in [-0.25, -0.2) is 0 Å². The molecule has 13 heavy (non-hydrogen) atoms. The fraction of sp³-hybridized carbons (Fsp3) is 0.111. The summed E-state index contributed by atoms with van der Waals surface area (Å²) in [4.78, 5) is 0. The molecule has 0 saturated heterocycles. The van der Waals surface area contributed by atoms with Crippen molar-refractivity contribution < 1.29 is 17.6 Å². The van der Waals surface area contributed by atoms with Crippen LogP contribution in [0.2, 0.25) is 0 Å². The van der Waals surface area contributed by atoms with Crippen LogP contribution >= 0.6 is 0 Å². The van der Waals surface area contributed by atoms with Gasteiger partial charge in [0.1, 0.15) is 0 Å². The van der Waals surface area contributed by atoms with Crippen molar-refractivity contribution in [2.24, 2.45) is 0 Å². The summed E-state index contributed by atoms with van der Waals surface area (Å²) < 4.78 is 41.8. The van der Waals surface area contributed by atoms with Crippen LogP contribution in [-0.2, 0) is 6.18 Å². The molecule has 0 atom stereocenters. The van der Waals surface area contributed by atoms with E-state index in [1.807, 2.05) is 0 Å². The summed E-state index contributed by atoms with van der Waals surface area (Å²) in [6.07, 6.45) is -1.91. The van der Waals surface area contributed by atoms with Gasteiger partial charge in [0, 0.05) is 10.8 Å². The average molecular weight is 186 g/mol. The van der Waals surface area contributed by atoms with Crippen molar-refractivity contribution in [2.75, 3.05) is 0 Å². The molecule has 4 heteroatoms. The van der Waals surface area contributed by atoms with Gasteiger partial charge in [-0.15, -0.1) is 0 Å². The zero-order chi connectivity index (χ0) is 9.47. The third-order valence-corrected chi connectivity index (χ3v) is 1.83. The number of halogens is 3. The van der Waals surface area contributed by atoms with Crippen molar-refractivity contribution in [3.8, 4) is 0 Å². The minimum absolute atomic E-state index is 0.106. The maximum absolute atomic E-state index is 12.4. The van der Waals surface area contributed by atoms with E-state index in [4.69, 9.17) is 4.42 Å². The van der Waals surface area contributed by atoms with Gasteiger partial charge >= 0.3 is 6.18 Å². The molecule has 0 fully saturated rings. The fourth-order valence-electron chi connectivity index (χ4n) is 1.24. The molecule has 0 aliphatic carbocycles. The third-order valence-electron chi connectivity index (χ3n) is 1.83. The van der Waals surface area contributed by atoms with E-state index in [0.29, 0.717) is 5.39 Å². The summed E-state index contributed by atoms with van der Waals surface area (Å²) in [5, 5.41) is 0.574. The zero-order valence-electron chi connectivity index (χ0n) is 6.43. The van der Waals surface area contributed by atoms with Crippen LogP contribution in [0.4, 0.5) is 13.2 Å². The quantitative estimate of drug-likeness (QED) is 0.614. The van der Waals surface area contributed by atoms with Gasteiger partial charge in [-0.2, -0.15) is 13.2 Å². The van der Waals surface area contributed by atoms with Crippen LogP contribution in [0, 0.1) is 0 Å². The van der Waals surface area contributed by atoms with Crippen molar-refractivity contribution in [1.29, 1.82) is 0 Å². The minimum Gasteiger partial charge on any atom is -0.471 e. The first-order valence-corrected chi connectivity index (χ1v) is 3.61. The molecule has 1 heterocycles. The van der Waals surface area contributed by atoms with Crippen molar-refractivity contribution in [3.05, 3.63) is 36.3 Å². The Morgan fingerprint density at radius 1 is 1.08 bits per heavy atom. The molecule has 0 N–H and O–H groups in total. The van der Waals surface area contributed by atoms with Crippen molar-refractivity contribution in [2.45, 2.75) is 6.18 Å². The lowest BCUT2D eigenvalue weighted by Crippen LogP contribution is -2.04. The Morgan fingerprint density at radius 2 is 1.85 bits per heavy atom. The molecule has 0 bridgehead atoms. The number of fused-ring (bicyclic) bond motifs is 1. The Labute approximate surface area is 71.8 Å². The van der Waals surface area contributed by atoms with Crippen LogP contribution in [0.3, 0.4) is 0 Å². The average Bonchev–Trinajstić information content (AvgIpc) is 2.48. The highest BCUT2D eigenvalue weighted by Gasteiger charge is 2.32. The van der Waals surface area contributed by atoms with E-state index in [-0.39, 0.29) is 5.39 Å². The van der Waals surface area contributed by atoms with E-state index in [1.165, 1.54) is 12.3 Å². The van der Waals surface area contributed by atoms with Crippen LogP contribution in [0.15, 0.2) is 35.1 Å². The molecule has 1 aromatic heterocycles. The van der Waals surface area contributed by atoms with Gasteiger partial charge in [-0.3, -0.25) is 0 Å². The molecule has 0 radical (unpaired) electrons. The summed E-state index contributed by atoms with van der Waals surface area (Å²) in [6.45, 7) is 0. The summed E-state index contributed by atoms with van der Waals surface area (Å²) in [6, 6.07) is 3.98. The topological polar surface area (TPSA) is 13.1 Å². The Morgan fingerprint density at radius 3 is 2.54 bits per heavy atom. The standard InChI is InChI=1S/C9H5F3O/c10-9(11,12)8-3-1-2-6-4-13-5-7(6)8/h1-5H. The Balaban J connectivity index is 2.75. The lowest BCUT2D eigenvalue weighted by molar-refractivity contribution is -0.136. The maximum atomic E-state index is 12.4. The number of furan rings is 1. The van der Waals surface area contributed by atoms with E-state index in [0.717, 1.165) is 12.3 Å². The van der Waals surface area contributed by atoms with Gasteiger partial charge in [-0.05, 0) is 6.07 Å². The molecule has 2 rings (SSSR count). The number of alkyl halides is 3. The molecule has 0 aliphatic rings. The van der Waals surface area contributed by atoms with Crippen molar-refractivity contribution >= 4 is 10.8 Å². The first-order chi connectivity index (χ1) is 6.09. The second-order valence-electron chi connectivity index (χ2n) is 2.68. The van der Waals surface area contributed by atoms with Gasteiger partial charge in [0.15, 0.2) is 0 Å². The normalized spacial score (nSPS) is 12.2. The van der Waals surface area contributed by atoms with Gasteiger partial charge < -0.3 is 4.42 Å². The summed E-state index contributed by atoms with van der Waals surface area (Å²) in [5.41, 5.74) is -0.654. The molecule has 0 amide bonds. The highest BCUT2D eigenvalue weighted by Crippen LogP contribution is 2.34. The monoisotopic (exact) mass is 186 g/mol. The van der Waals surface area contributed by atoms with Gasteiger partial charge in [0.2, 0.25) is 0 Å². The van der Waals surface area contributed by atoms with Gasteiger partial charge in [0.05, 0.1) is 18.1 Å². The van der Waals surface area contributed by atoms with Crippen molar-refractivity contribution in [3.63, 3.8) is 0 Å². The third kappa shape index (κ3) is 1.28. The second-order valence-corrected chi connectivity index (χ2v) is 2.68. The summed E-state index contributed by atoms with van der Waals surface area (Å²) in [7, 11) is 0. The molecule has 0 unspecified atom stereocenters. The molecule has 1 nitrogen and oxygen atoms in total. The van der Waals surface area contributed by atoms with Crippen LogP contribution < -0.4 is 0 Å². The lowest BCUT2D eigenvalue weighted by Gasteiger charge is -2.06. The Hall–Kier alpha value is -1.45.